The second kappa shape index (κ2) is 4.09. The number of imidazole rings is 1. The molecule has 96 valence electrons. The standard InChI is InChI=1S/C11H16N6O/c1-12-10-16-8(7-9(17-10)15-6-14-7)13-4-11(5-18)2-3-11/h6,18H,2-5H2,1H3,(H3,12,13,14,15,16,17). The van der Waals surface area contributed by atoms with Gasteiger partial charge in [0.15, 0.2) is 11.5 Å². The van der Waals surface area contributed by atoms with Crippen LogP contribution in [0.25, 0.3) is 11.2 Å². The highest BCUT2D eigenvalue weighted by molar-refractivity contribution is 5.83. The number of anilines is 2. The second-order valence-corrected chi connectivity index (χ2v) is 4.76. The van der Waals surface area contributed by atoms with Gasteiger partial charge in [0.2, 0.25) is 5.95 Å². The number of nitrogens with one attached hydrogen (secondary N) is 3. The Labute approximate surface area is 104 Å². The average Bonchev–Trinajstić information content (AvgIpc) is 3.04. The highest BCUT2D eigenvalue weighted by Crippen LogP contribution is 2.45. The van der Waals surface area contributed by atoms with Gasteiger partial charge in [0.05, 0.1) is 12.9 Å². The molecule has 0 aromatic carbocycles. The summed E-state index contributed by atoms with van der Waals surface area (Å²) in [5.74, 6) is 1.26. The zero-order valence-corrected chi connectivity index (χ0v) is 10.2. The predicted molar refractivity (Wildman–Crippen MR) is 68.5 cm³/mol. The normalized spacial score (nSPS) is 16.8. The minimum Gasteiger partial charge on any atom is -0.396 e. The lowest BCUT2D eigenvalue weighted by atomic mass is 10.1. The van der Waals surface area contributed by atoms with Crippen molar-refractivity contribution < 1.29 is 5.11 Å². The Morgan fingerprint density at radius 2 is 2.28 bits per heavy atom. The third-order valence-corrected chi connectivity index (χ3v) is 3.43. The molecule has 0 radical (unpaired) electrons. The first kappa shape index (κ1) is 11.2. The Kier molecular flexibility index (Phi) is 2.55. The Bertz CT molecular complexity index is 562. The van der Waals surface area contributed by atoms with Crippen molar-refractivity contribution in [2.75, 3.05) is 30.8 Å². The Balaban J connectivity index is 1.87. The third kappa shape index (κ3) is 1.86. The number of hydrogen-bond acceptors (Lipinski definition) is 6. The second-order valence-electron chi connectivity index (χ2n) is 4.76. The molecule has 0 bridgehead atoms. The third-order valence-electron chi connectivity index (χ3n) is 3.43. The lowest BCUT2D eigenvalue weighted by Crippen LogP contribution is -2.20. The van der Waals surface area contributed by atoms with Crippen molar-refractivity contribution in [3.8, 4) is 0 Å². The van der Waals surface area contributed by atoms with E-state index in [0.29, 0.717) is 11.6 Å². The number of aromatic amines is 1. The number of H-pyrrole nitrogens is 1. The molecule has 3 rings (SSSR count). The van der Waals surface area contributed by atoms with Crippen LogP contribution < -0.4 is 10.6 Å². The molecule has 0 spiro atoms. The van der Waals surface area contributed by atoms with Gasteiger partial charge in [0.25, 0.3) is 0 Å². The molecule has 2 aromatic heterocycles. The quantitative estimate of drug-likeness (QED) is 0.618. The molecule has 1 fully saturated rings. The molecule has 0 atom stereocenters. The summed E-state index contributed by atoms with van der Waals surface area (Å²) in [6.45, 7) is 0.938. The average molecular weight is 248 g/mol. The fourth-order valence-electron chi connectivity index (χ4n) is 1.91. The van der Waals surface area contributed by atoms with E-state index < -0.39 is 0 Å². The van der Waals surface area contributed by atoms with Crippen molar-refractivity contribution in [2.24, 2.45) is 5.41 Å². The van der Waals surface area contributed by atoms with Crippen molar-refractivity contribution in [1.82, 2.24) is 19.9 Å². The van der Waals surface area contributed by atoms with Gasteiger partial charge >= 0.3 is 0 Å². The highest BCUT2D eigenvalue weighted by atomic mass is 16.3. The summed E-state index contributed by atoms with van der Waals surface area (Å²) in [5, 5.41) is 15.5. The molecule has 2 heterocycles. The van der Waals surface area contributed by atoms with Gasteiger partial charge in [-0.25, -0.2) is 4.98 Å². The van der Waals surface area contributed by atoms with E-state index in [1.54, 1.807) is 13.4 Å². The number of aliphatic hydroxyl groups excluding tert-OH is 1. The van der Waals surface area contributed by atoms with Crippen LogP contribution in [0, 0.1) is 5.41 Å². The number of aromatic nitrogens is 4. The summed E-state index contributed by atoms with van der Waals surface area (Å²) in [7, 11) is 1.77. The van der Waals surface area contributed by atoms with E-state index in [1.807, 2.05) is 0 Å². The van der Waals surface area contributed by atoms with Gasteiger partial charge in [-0.15, -0.1) is 0 Å². The SMILES string of the molecule is CNc1nc(NCC2(CO)CC2)c2[nH]cnc2n1. The van der Waals surface area contributed by atoms with E-state index in [9.17, 15) is 5.11 Å². The molecule has 7 heteroatoms. The molecule has 1 aliphatic carbocycles. The molecular formula is C11H16N6O. The summed E-state index contributed by atoms with van der Waals surface area (Å²) >= 11 is 0. The smallest absolute Gasteiger partial charge is 0.226 e. The van der Waals surface area contributed by atoms with E-state index in [0.717, 1.165) is 30.7 Å². The first-order valence-electron chi connectivity index (χ1n) is 6.00. The van der Waals surface area contributed by atoms with Gasteiger partial charge in [-0.2, -0.15) is 9.97 Å². The van der Waals surface area contributed by atoms with Crippen LogP contribution in [-0.2, 0) is 0 Å². The van der Waals surface area contributed by atoms with Crippen LogP contribution in [0.4, 0.5) is 11.8 Å². The Hall–Kier alpha value is -1.89. The fraction of sp³-hybridized carbons (Fsp3) is 0.545. The maximum Gasteiger partial charge on any atom is 0.226 e. The Morgan fingerprint density at radius 3 is 2.94 bits per heavy atom. The maximum atomic E-state index is 9.30. The summed E-state index contributed by atoms with van der Waals surface area (Å²) in [6.07, 6.45) is 3.72. The topological polar surface area (TPSA) is 98.8 Å². The summed E-state index contributed by atoms with van der Waals surface area (Å²) in [4.78, 5) is 15.8. The minimum atomic E-state index is 0.0388. The Morgan fingerprint density at radius 1 is 1.44 bits per heavy atom. The first-order valence-corrected chi connectivity index (χ1v) is 6.00. The van der Waals surface area contributed by atoms with Crippen molar-refractivity contribution >= 4 is 22.9 Å². The van der Waals surface area contributed by atoms with Crippen molar-refractivity contribution in [3.63, 3.8) is 0 Å². The van der Waals surface area contributed by atoms with Crippen LogP contribution in [-0.4, -0.2) is 45.2 Å². The fourth-order valence-corrected chi connectivity index (χ4v) is 1.91. The monoisotopic (exact) mass is 248 g/mol. The van der Waals surface area contributed by atoms with Gasteiger partial charge in [0.1, 0.15) is 5.52 Å². The summed E-state index contributed by atoms with van der Waals surface area (Å²) in [6, 6.07) is 0. The number of fused-ring (bicyclic) bond motifs is 1. The molecule has 7 nitrogen and oxygen atoms in total. The number of aliphatic hydroxyl groups is 1. The maximum absolute atomic E-state index is 9.30. The van der Waals surface area contributed by atoms with Gasteiger partial charge in [-0.05, 0) is 12.8 Å². The van der Waals surface area contributed by atoms with Gasteiger partial charge in [-0.1, -0.05) is 0 Å². The van der Waals surface area contributed by atoms with Gasteiger partial charge < -0.3 is 20.7 Å². The molecule has 0 amide bonds. The van der Waals surface area contributed by atoms with E-state index >= 15 is 0 Å². The molecular weight excluding hydrogens is 232 g/mol. The van der Waals surface area contributed by atoms with Crippen molar-refractivity contribution in [3.05, 3.63) is 6.33 Å². The van der Waals surface area contributed by atoms with Crippen LogP contribution >= 0.6 is 0 Å². The lowest BCUT2D eigenvalue weighted by molar-refractivity contribution is 0.219. The summed E-state index contributed by atoms with van der Waals surface area (Å²) < 4.78 is 0. The summed E-state index contributed by atoms with van der Waals surface area (Å²) in [5.41, 5.74) is 1.46. The number of hydrogen-bond donors (Lipinski definition) is 4. The van der Waals surface area contributed by atoms with E-state index in [1.165, 1.54) is 0 Å². The molecule has 18 heavy (non-hydrogen) atoms. The van der Waals surface area contributed by atoms with E-state index in [2.05, 4.69) is 30.6 Å². The molecule has 1 aliphatic rings. The van der Waals surface area contributed by atoms with Crippen LogP contribution in [0.15, 0.2) is 6.33 Å². The van der Waals surface area contributed by atoms with Gasteiger partial charge in [-0.3, -0.25) is 0 Å². The van der Waals surface area contributed by atoms with Crippen LogP contribution in [0.3, 0.4) is 0 Å². The zero-order valence-electron chi connectivity index (χ0n) is 10.2. The van der Waals surface area contributed by atoms with Gasteiger partial charge in [0, 0.05) is 19.0 Å². The highest BCUT2D eigenvalue weighted by Gasteiger charge is 2.41. The van der Waals surface area contributed by atoms with E-state index in [-0.39, 0.29) is 12.0 Å². The van der Waals surface area contributed by atoms with Crippen LogP contribution in [0.2, 0.25) is 0 Å². The molecule has 0 saturated heterocycles. The molecule has 2 aromatic rings. The zero-order chi connectivity index (χ0) is 12.6. The van der Waals surface area contributed by atoms with Crippen molar-refractivity contribution in [1.29, 1.82) is 0 Å². The molecule has 0 aliphatic heterocycles. The van der Waals surface area contributed by atoms with Crippen LogP contribution in [0.5, 0.6) is 0 Å². The number of rotatable bonds is 5. The predicted octanol–water partition coefficient (Wildman–Crippen LogP) is 0.579. The number of nitrogens with zero attached hydrogens (tertiary/aromatic N) is 3. The van der Waals surface area contributed by atoms with Crippen molar-refractivity contribution in [2.45, 2.75) is 12.8 Å². The molecule has 0 unspecified atom stereocenters. The largest absolute Gasteiger partial charge is 0.396 e. The first-order chi connectivity index (χ1) is 8.76. The molecule has 1 saturated carbocycles. The van der Waals surface area contributed by atoms with Crippen LogP contribution in [0.1, 0.15) is 12.8 Å². The lowest BCUT2D eigenvalue weighted by Gasteiger charge is -2.13. The molecule has 4 N–H and O–H groups in total. The van der Waals surface area contributed by atoms with E-state index in [4.69, 9.17) is 0 Å². The minimum absolute atomic E-state index is 0.0388.